The number of nitrogens with one attached hydrogen (secondary N) is 1. The summed E-state index contributed by atoms with van der Waals surface area (Å²) in [6.07, 6.45) is -0.322. The third kappa shape index (κ3) is 2.66. The highest BCUT2D eigenvalue weighted by Gasteiger charge is 2.34. The summed E-state index contributed by atoms with van der Waals surface area (Å²) in [4.78, 5) is 11.9. The van der Waals surface area contributed by atoms with Crippen molar-refractivity contribution < 1.29 is 14.9 Å². The fourth-order valence-corrected chi connectivity index (χ4v) is 1.87. The zero-order valence-electron chi connectivity index (χ0n) is 9.81. The smallest absolute Gasteiger partial charge is 0.331 e. The van der Waals surface area contributed by atoms with Crippen LogP contribution in [0.1, 0.15) is 12.6 Å². The van der Waals surface area contributed by atoms with Crippen LogP contribution in [-0.4, -0.2) is 38.2 Å². The summed E-state index contributed by atoms with van der Waals surface area (Å²) in [6, 6.07) is 1.48. The highest BCUT2D eigenvalue weighted by atomic mass is 127. The molecule has 1 aliphatic heterocycles. The Balaban J connectivity index is 0.00000162. The van der Waals surface area contributed by atoms with Crippen molar-refractivity contribution in [1.29, 1.82) is 5.41 Å². The van der Waals surface area contributed by atoms with Gasteiger partial charge >= 0.3 is 5.69 Å². The number of halogens is 1. The molecule has 3 N–H and O–H groups in total. The van der Waals surface area contributed by atoms with Crippen LogP contribution in [0, 0.1) is 5.41 Å². The molecule has 102 valence electrons. The molecule has 0 spiro atoms. The van der Waals surface area contributed by atoms with Gasteiger partial charge in [0.05, 0.1) is 12.7 Å². The molecule has 2 heterocycles. The van der Waals surface area contributed by atoms with Gasteiger partial charge in [0.15, 0.2) is 0 Å². The van der Waals surface area contributed by atoms with E-state index in [4.69, 9.17) is 15.3 Å². The number of ether oxygens (including phenoxy) is 1. The van der Waals surface area contributed by atoms with Gasteiger partial charge in [-0.15, -0.1) is 24.0 Å². The molecule has 0 saturated carbocycles. The van der Waals surface area contributed by atoms with Gasteiger partial charge in [0, 0.05) is 19.7 Å². The van der Waals surface area contributed by atoms with Crippen LogP contribution in [0.5, 0.6) is 0 Å². The zero-order valence-corrected chi connectivity index (χ0v) is 12.1. The van der Waals surface area contributed by atoms with E-state index in [1.165, 1.54) is 28.4 Å². The van der Waals surface area contributed by atoms with Crippen LogP contribution >= 0.6 is 24.0 Å². The van der Waals surface area contributed by atoms with Crippen LogP contribution in [0.25, 0.3) is 0 Å². The molecule has 0 aromatic carbocycles. The van der Waals surface area contributed by atoms with Gasteiger partial charge in [0.1, 0.15) is 17.8 Å². The first-order valence-electron chi connectivity index (χ1n) is 5.31. The molecular weight excluding hydrogens is 353 g/mol. The predicted octanol–water partition coefficient (Wildman–Crippen LogP) is -1.08. The third-order valence-corrected chi connectivity index (χ3v) is 2.96. The van der Waals surface area contributed by atoms with Crippen molar-refractivity contribution >= 4 is 24.0 Å². The van der Waals surface area contributed by atoms with E-state index in [1.807, 2.05) is 0 Å². The number of hydrogen-bond acceptors (Lipinski definition) is 5. The Kier molecular flexibility index (Phi) is 5.08. The molecule has 8 heteroatoms. The quantitative estimate of drug-likeness (QED) is 0.578. The molecule has 1 aromatic rings. The van der Waals surface area contributed by atoms with Crippen molar-refractivity contribution in [3.8, 4) is 0 Å². The Bertz CT molecular complexity index is 527. The second kappa shape index (κ2) is 5.95. The number of rotatable bonds is 2. The molecule has 1 fully saturated rings. The number of hydrogen-bond donors (Lipinski definition) is 3. The monoisotopic (exact) mass is 369 g/mol. The molecule has 1 saturated heterocycles. The van der Waals surface area contributed by atoms with Crippen LogP contribution in [0.4, 0.5) is 0 Å². The van der Waals surface area contributed by atoms with Gasteiger partial charge in [-0.3, -0.25) is 14.5 Å². The molecular formula is C10H16IN3O4. The highest BCUT2D eigenvalue weighted by Crippen LogP contribution is 2.26. The first-order chi connectivity index (χ1) is 8.04. The summed E-state index contributed by atoms with van der Waals surface area (Å²) in [6.45, 7) is -0.283. The summed E-state index contributed by atoms with van der Waals surface area (Å²) in [5.74, 6) is 0. The summed E-state index contributed by atoms with van der Waals surface area (Å²) in [5, 5.41) is 26.0. The second-order valence-electron chi connectivity index (χ2n) is 4.06. The molecule has 2 unspecified atom stereocenters. The van der Waals surface area contributed by atoms with Gasteiger partial charge in [0.2, 0.25) is 0 Å². The lowest BCUT2D eigenvalue weighted by Crippen LogP contribution is -2.38. The van der Waals surface area contributed by atoms with Crippen molar-refractivity contribution in [3.05, 3.63) is 28.2 Å². The Morgan fingerprint density at radius 3 is 2.83 bits per heavy atom. The lowest BCUT2D eigenvalue weighted by atomic mass is 10.2. The van der Waals surface area contributed by atoms with E-state index in [9.17, 15) is 9.90 Å². The van der Waals surface area contributed by atoms with Crippen LogP contribution in [0.2, 0.25) is 0 Å². The summed E-state index contributed by atoms with van der Waals surface area (Å²) in [5.41, 5.74) is -0.281. The molecule has 0 aliphatic carbocycles. The van der Waals surface area contributed by atoms with E-state index >= 15 is 0 Å². The van der Waals surface area contributed by atoms with Crippen molar-refractivity contribution in [2.24, 2.45) is 7.05 Å². The van der Waals surface area contributed by atoms with Gasteiger partial charge in [-0.1, -0.05) is 0 Å². The average molecular weight is 369 g/mol. The van der Waals surface area contributed by atoms with Gasteiger partial charge in [-0.25, -0.2) is 4.79 Å². The topological polar surface area (TPSA) is 100 Å². The molecule has 2 rings (SSSR count). The van der Waals surface area contributed by atoms with E-state index in [2.05, 4.69) is 0 Å². The fourth-order valence-electron chi connectivity index (χ4n) is 1.87. The van der Waals surface area contributed by atoms with Crippen molar-refractivity contribution in [3.63, 3.8) is 0 Å². The maximum Gasteiger partial charge on any atom is 0.331 e. The van der Waals surface area contributed by atoms with Crippen LogP contribution < -0.4 is 11.2 Å². The Hall–Kier alpha value is -0.710. The first kappa shape index (κ1) is 15.3. The van der Waals surface area contributed by atoms with E-state index in [0.717, 1.165) is 0 Å². The minimum absolute atomic E-state index is 0. The van der Waals surface area contributed by atoms with Gasteiger partial charge in [-0.2, -0.15) is 0 Å². The Morgan fingerprint density at radius 2 is 2.28 bits per heavy atom. The minimum Gasteiger partial charge on any atom is -0.394 e. The van der Waals surface area contributed by atoms with E-state index < -0.39 is 18.4 Å². The van der Waals surface area contributed by atoms with Crippen LogP contribution in [0.15, 0.2) is 17.1 Å². The van der Waals surface area contributed by atoms with E-state index in [-0.39, 0.29) is 48.2 Å². The van der Waals surface area contributed by atoms with Crippen molar-refractivity contribution in [2.75, 3.05) is 6.61 Å². The van der Waals surface area contributed by atoms with E-state index in [1.54, 1.807) is 0 Å². The summed E-state index contributed by atoms with van der Waals surface area (Å²) in [7, 11) is 1.50. The lowest BCUT2D eigenvalue weighted by molar-refractivity contribution is -0.0462. The molecule has 0 bridgehead atoms. The van der Waals surface area contributed by atoms with Crippen molar-refractivity contribution in [2.45, 2.75) is 24.9 Å². The van der Waals surface area contributed by atoms with Crippen molar-refractivity contribution in [1.82, 2.24) is 9.13 Å². The molecule has 3 atom stereocenters. The normalized spacial score (nSPS) is 26.9. The van der Waals surface area contributed by atoms with Crippen LogP contribution in [0.3, 0.4) is 0 Å². The fraction of sp³-hybridized carbons (Fsp3) is 0.600. The number of nitrogens with zero attached hydrogens (tertiary/aromatic N) is 2. The molecule has 0 radical (unpaired) electrons. The number of aromatic nitrogens is 2. The molecule has 0 amide bonds. The second-order valence-corrected chi connectivity index (χ2v) is 4.06. The standard InChI is InChI=1S/C10H15N3O4.HI/c1-12-8(11)2-3-13(10(12)16)9-4-6(15)7(5-14)17-9;/h2-3,6-7,9,11,14-15H,4-5H2,1H3;1H/t6-,7?,9?;/m1./s1. The summed E-state index contributed by atoms with van der Waals surface area (Å²) < 4.78 is 7.87. The SMILES string of the molecule is Cn1c(=N)ccn(C2C[C@@H](O)C(CO)O2)c1=O.I. The summed E-state index contributed by atoms with van der Waals surface area (Å²) >= 11 is 0. The Morgan fingerprint density at radius 1 is 1.61 bits per heavy atom. The van der Waals surface area contributed by atoms with Gasteiger partial charge in [-0.05, 0) is 6.07 Å². The first-order valence-corrected chi connectivity index (χ1v) is 5.31. The lowest BCUT2D eigenvalue weighted by Gasteiger charge is -2.15. The minimum atomic E-state index is -0.780. The largest absolute Gasteiger partial charge is 0.394 e. The molecule has 18 heavy (non-hydrogen) atoms. The number of aliphatic hydroxyl groups is 2. The molecule has 1 aromatic heterocycles. The maximum absolute atomic E-state index is 11.9. The zero-order chi connectivity index (χ0) is 12.6. The van der Waals surface area contributed by atoms with Crippen LogP contribution in [-0.2, 0) is 11.8 Å². The molecule has 7 nitrogen and oxygen atoms in total. The molecule has 1 aliphatic rings. The average Bonchev–Trinajstić information content (AvgIpc) is 2.67. The third-order valence-electron chi connectivity index (χ3n) is 2.96. The predicted molar refractivity (Wildman–Crippen MR) is 72.6 cm³/mol. The van der Waals surface area contributed by atoms with E-state index in [0.29, 0.717) is 0 Å². The maximum atomic E-state index is 11.9. The number of aliphatic hydroxyl groups excluding tert-OH is 2. The Labute approximate surface area is 120 Å². The van der Waals surface area contributed by atoms with Gasteiger partial charge < -0.3 is 14.9 Å². The highest BCUT2D eigenvalue weighted by molar-refractivity contribution is 14.0. The van der Waals surface area contributed by atoms with Gasteiger partial charge in [0.25, 0.3) is 0 Å².